The highest BCUT2D eigenvalue weighted by Crippen LogP contribution is 2.32. The lowest BCUT2D eigenvalue weighted by Gasteiger charge is -2.23. The number of hydrogen-bond donors (Lipinski definition) is 3. The van der Waals surface area contributed by atoms with Crippen molar-refractivity contribution in [3.05, 3.63) is 105 Å². The second-order valence-corrected chi connectivity index (χ2v) is 12.4. The number of hydrogen-bond acceptors (Lipinski definition) is 8. The standard InChI is InChI=1S/C37H39N5O7/c1-21-8-10-26-16-29(21)25-6-5-7-27(15-25)48-20-34(43)38-17-24-9-12-31(32(14-24)47-4)49-33-19-42(18-30(33)41-36(26)45)35(44)13-11-28-22(2)39-37(46)40-23(28)3/h5-10,12,14-16,30,33H,11,13,17-20H2,1-4H3,(H,38,43)(H,41,45)(H,39,40,46)/t30-,33-/m0/s1. The zero-order chi connectivity index (χ0) is 34.7. The quantitative estimate of drug-likeness (QED) is 0.300. The zero-order valence-electron chi connectivity index (χ0n) is 27.9. The molecular weight excluding hydrogens is 626 g/mol. The summed E-state index contributed by atoms with van der Waals surface area (Å²) in [6.07, 6.45) is 0.00935. The highest BCUT2D eigenvalue weighted by molar-refractivity contribution is 5.96. The summed E-state index contributed by atoms with van der Waals surface area (Å²) in [6, 6.07) is 17.7. The van der Waals surface area contributed by atoms with Crippen LogP contribution in [0.1, 0.15) is 44.9 Å². The van der Waals surface area contributed by atoms with Crippen LogP contribution in [0.25, 0.3) is 11.1 Å². The van der Waals surface area contributed by atoms with Gasteiger partial charge in [-0.2, -0.15) is 4.98 Å². The Morgan fingerprint density at radius 1 is 1.00 bits per heavy atom. The van der Waals surface area contributed by atoms with Gasteiger partial charge in [0.2, 0.25) is 5.91 Å². The van der Waals surface area contributed by atoms with Gasteiger partial charge >= 0.3 is 5.69 Å². The number of aromatic amines is 1. The summed E-state index contributed by atoms with van der Waals surface area (Å²) in [5.74, 6) is 0.716. The lowest BCUT2D eigenvalue weighted by molar-refractivity contribution is -0.130. The lowest BCUT2D eigenvalue weighted by Crippen LogP contribution is -2.45. The van der Waals surface area contributed by atoms with Crippen molar-refractivity contribution in [2.75, 3.05) is 26.8 Å². The van der Waals surface area contributed by atoms with Crippen LogP contribution in [0, 0.1) is 20.8 Å². The van der Waals surface area contributed by atoms with E-state index in [-0.39, 0.29) is 50.4 Å². The number of carbonyl (C=O) groups excluding carboxylic acids is 3. The van der Waals surface area contributed by atoms with Crippen LogP contribution in [0.15, 0.2) is 65.5 Å². The number of nitrogens with one attached hydrogen (secondary N) is 3. The average Bonchev–Trinajstić information content (AvgIpc) is 3.48. The molecule has 6 bridgehead atoms. The molecule has 1 fully saturated rings. The smallest absolute Gasteiger partial charge is 0.345 e. The Morgan fingerprint density at radius 2 is 1.84 bits per heavy atom. The van der Waals surface area contributed by atoms with E-state index in [2.05, 4.69) is 20.6 Å². The van der Waals surface area contributed by atoms with Gasteiger partial charge in [0.1, 0.15) is 11.9 Å². The molecule has 2 atom stereocenters. The number of carbonyl (C=O) groups is 3. The number of rotatable bonds is 4. The maximum absolute atomic E-state index is 13.8. The van der Waals surface area contributed by atoms with Gasteiger partial charge in [0, 0.05) is 36.5 Å². The number of aromatic nitrogens is 2. The van der Waals surface area contributed by atoms with E-state index in [1.807, 2.05) is 43.3 Å². The Morgan fingerprint density at radius 3 is 2.63 bits per heavy atom. The summed E-state index contributed by atoms with van der Waals surface area (Å²) < 4.78 is 17.9. The average molecular weight is 666 g/mol. The molecule has 0 spiro atoms. The van der Waals surface area contributed by atoms with Crippen molar-refractivity contribution in [2.45, 2.75) is 52.3 Å². The molecule has 3 aliphatic heterocycles. The number of benzene rings is 3. The Bertz CT molecular complexity index is 1950. The van der Waals surface area contributed by atoms with Gasteiger partial charge in [-0.3, -0.25) is 14.4 Å². The Kier molecular flexibility index (Phi) is 9.65. The summed E-state index contributed by atoms with van der Waals surface area (Å²) in [5, 5.41) is 6.01. The molecule has 12 nitrogen and oxygen atoms in total. The largest absolute Gasteiger partial charge is 0.493 e. The first-order valence-corrected chi connectivity index (χ1v) is 16.2. The second-order valence-electron chi connectivity index (χ2n) is 12.4. The van der Waals surface area contributed by atoms with Crippen LogP contribution in [0.2, 0.25) is 0 Å². The van der Waals surface area contributed by atoms with Gasteiger partial charge < -0.3 is 34.7 Å². The van der Waals surface area contributed by atoms with Gasteiger partial charge in [0.05, 0.1) is 19.7 Å². The van der Waals surface area contributed by atoms with E-state index in [0.29, 0.717) is 40.6 Å². The second kappa shape index (κ2) is 14.2. The number of H-pyrrole nitrogens is 1. The Labute approximate surface area is 283 Å². The predicted molar refractivity (Wildman–Crippen MR) is 182 cm³/mol. The Balaban J connectivity index is 1.30. The van der Waals surface area contributed by atoms with Crippen LogP contribution in [0.5, 0.6) is 17.2 Å². The summed E-state index contributed by atoms with van der Waals surface area (Å²) in [4.78, 5) is 60.1. The van der Waals surface area contributed by atoms with Gasteiger partial charge in [-0.05, 0) is 91.4 Å². The van der Waals surface area contributed by atoms with Crippen LogP contribution in [-0.2, 0) is 22.6 Å². The monoisotopic (exact) mass is 665 g/mol. The van der Waals surface area contributed by atoms with E-state index in [1.165, 1.54) is 7.11 Å². The SMILES string of the molecule is COc1cc2ccc1O[C@H]1CN(C(=O)CCc3c(C)nc(=O)[nH]c3C)C[C@@H]1NC(=O)c1ccc(C)c(c1)-c1cccc(c1)OCC(=O)NC2. The lowest BCUT2D eigenvalue weighted by atomic mass is 9.97. The first-order valence-electron chi connectivity index (χ1n) is 16.2. The van der Waals surface area contributed by atoms with Crippen molar-refractivity contribution in [1.29, 1.82) is 0 Å². The maximum Gasteiger partial charge on any atom is 0.345 e. The molecule has 3 N–H and O–H groups in total. The fourth-order valence-electron chi connectivity index (χ4n) is 6.31. The van der Waals surface area contributed by atoms with Crippen LogP contribution in [0.3, 0.4) is 0 Å². The third-order valence-electron chi connectivity index (χ3n) is 8.99. The van der Waals surface area contributed by atoms with E-state index in [9.17, 15) is 19.2 Å². The number of methoxy groups -OCH3 is 1. The summed E-state index contributed by atoms with van der Waals surface area (Å²) >= 11 is 0. The van der Waals surface area contributed by atoms with Crippen molar-refractivity contribution >= 4 is 17.7 Å². The molecule has 12 heteroatoms. The minimum atomic E-state index is -0.588. The molecule has 7 rings (SSSR count). The first kappa shape index (κ1) is 33.3. The molecular formula is C37H39N5O7. The van der Waals surface area contributed by atoms with Gasteiger partial charge in [0.15, 0.2) is 18.1 Å². The molecule has 0 radical (unpaired) electrons. The Hall–Kier alpha value is -5.65. The van der Waals surface area contributed by atoms with Crippen LogP contribution in [-0.4, -0.2) is 71.5 Å². The van der Waals surface area contributed by atoms with Gasteiger partial charge in [-0.1, -0.05) is 24.3 Å². The summed E-state index contributed by atoms with van der Waals surface area (Å²) in [6.45, 7) is 6.07. The van der Waals surface area contributed by atoms with Crippen LogP contribution < -0.4 is 30.5 Å². The summed E-state index contributed by atoms with van der Waals surface area (Å²) in [7, 11) is 1.53. The van der Waals surface area contributed by atoms with E-state index >= 15 is 0 Å². The number of fused-ring (bicyclic) bond motifs is 7. The van der Waals surface area contributed by atoms with Crippen molar-refractivity contribution < 1.29 is 28.6 Å². The van der Waals surface area contributed by atoms with E-state index in [1.54, 1.807) is 43.0 Å². The fraction of sp³-hybridized carbons (Fsp3) is 0.324. The maximum atomic E-state index is 13.8. The molecule has 1 saturated heterocycles. The molecule has 0 saturated carbocycles. The number of likely N-dealkylation sites (tertiary alicyclic amines) is 1. The fourth-order valence-corrected chi connectivity index (χ4v) is 6.31. The van der Waals surface area contributed by atoms with Crippen molar-refractivity contribution in [2.24, 2.45) is 0 Å². The molecule has 3 amide bonds. The highest BCUT2D eigenvalue weighted by Gasteiger charge is 2.38. The molecule has 0 aliphatic carbocycles. The molecule has 0 unspecified atom stereocenters. The molecule has 254 valence electrons. The third kappa shape index (κ3) is 7.58. The van der Waals surface area contributed by atoms with E-state index < -0.39 is 17.8 Å². The van der Waals surface area contributed by atoms with Crippen LogP contribution in [0.4, 0.5) is 0 Å². The minimum Gasteiger partial charge on any atom is -0.493 e. The molecule has 1 aromatic heterocycles. The number of ether oxygens (including phenoxy) is 3. The number of amides is 3. The number of aryl methyl sites for hydroxylation is 3. The van der Waals surface area contributed by atoms with Gasteiger partial charge in [0.25, 0.3) is 11.8 Å². The number of nitrogens with zero attached hydrogens (tertiary/aromatic N) is 2. The first-order chi connectivity index (χ1) is 23.6. The third-order valence-corrected chi connectivity index (χ3v) is 8.99. The van der Waals surface area contributed by atoms with Gasteiger partial charge in [-0.15, -0.1) is 0 Å². The van der Waals surface area contributed by atoms with Crippen molar-refractivity contribution in [3.8, 4) is 28.4 Å². The van der Waals surface area contributed by atoms with Gasteiger partial charge in [-0.25, -0.2) is 4.79 Å². The van der Waals surface area contributed by atoms with Crippen molar-refractivity contribution in [3.63, 3.8) is 0 Å². The predicted octanol–water partition coefficient (Wildman–Crippen LogP) is 3.40. The molecule has 4 aromatic rings. The van der Waals surface area contributed by atoms with E-state index in [4.69, 9.17) is 14.2 Å². The van der Waals surface area contributed by atoms with Crippen molar-refractivity contribution in [1.82, 2.24) is 25.5 Å². The van der Waals surface area contributed by atoms with Crippen LogP contribution >= 0.6 is 0 Å². The highest BCUT2D eigenvalue weighted by atomic mass is 16.5. The molecule has 4 heterocycles. The normalized spacial score (nSPS) is 17.7. The minimum absolute atomic E-state index is 0.112. The molecule has 49 heavy (non-hydrogen) atoms. The topological polar surface area (TPSA) is 152 Å². The zero-order valence-corrected chi connectivity index (χ0v) is 27.9. The molecule has 3 aromatic carbocycles. The summed E-state index contributed by atoms with van der Waals surface area (Å²) in [5.41, 5.74) is 5.58. The molecule has 3 aliphatic rings. The van der Waals surface area contributed by atoms with E-state index in [0.717, 1.165) is 27.8 Å².